The Labute approximate surface area is 230 Å². The van der Waals surface area contributed by atoms with Crippen molar-refractivity contribution in [1.29, 1.82) is 0 Å². The van der Waals surface area contributed by atoms with E-state index in [1.807, 2.05) is 25.1 Å². The second kappa shape index (κ2) is 11.1. The number of halogens is 1. The molecule has 202 valence electrons. The van der Waals surface area contributed by atoms with Crippen LogP contribution in [0.15, 0.2) is 57.3 Å². The smallest absolute Gasteiger partial charge is 0.337 e. The predicted octanol–water partition coefficient (Wildman–Crippen LogP) is 5.49. The van der Waals surface area contributed by atoms with Gasteiger partial charge >= 0.3 is 5.97 Å². The Morgan fingerprint density at radius 3 is 2.29 bits per heavy atom. The summed E-state index contributed by atoms with van der Waals surface area (Å²) >= 11 is 3.38. The first-order valence-corrected chi connectivity index (χ1v) is 13.1. The molecule has 0 bridgehead atoms. The van der Waals surface area contributed by atoms with Crippen LogP contribution in [0.2, 0.25) is 0 Å². The monoisotopic (exact) mass is 585 g/mol. The highest BCUT2D eigenvalue weighted by Gasteiger charge is 2.42. The lowest BCUT2D eigenvalue weighted by Crippen LogP contribution is -2.36. The maximum Gasteiger partial charge on any atom is 0.337 e. The second-order valence-electron chi connectivity index (χ2n) is 9.64. The Bertz CT molecular complexity index is 1340. The van der Waals surface area contributed by atoms with Crippen LogP contribution in [-0.4, -0.2) is 44.3 Å². The number of Topliss-reactive ketones (excluding diaryl/α,β-unsaturated/α-hetero) is 1. The Hall–Kier alpha value is -3.46. The Morgan fingerprint density at radius 2 is 1.66 bits per heavy atom. The van der Waals surface area contributed by atoms with E-state index in [-0.39, 0.29) is 35.7 Å². The molecule has 0 amide bonds. The number of phenols is 1. The third-order valence-electron chi connectivity index (χ3n) is 6.87. The first-order chi connectivity index (χ1) is 18.1. The molecular weight excluding hydrogens is 554 g/mol. The molecule has 1 aliphatic carbocycles. The fourth-order valence-corrected chi connectivity index (χ4v) is 5.64. The molecule has 0 radical (unpaired) electrons. The number of hydrogen-bond acceptors (Lipinski definition) is 8. The zero-order chi connectivity index (χ0) is 27.7. The Morgan fingerprint density at radius 1 is 1.00 bits per heavy atom. The Kier molecular flexibility index (Phi) is 8.06. The van der Waals surface area contributed by atoms with E-state index in [1.54, 1.807) is 40.2 Å². The topological polar surface area (TPSA) is 103 Å². The SMILES string of the molecule is COc1ccc([C@@H]2CC(=O)C3=C(C2)NC(C)=C(C(=O)OC(C)C)[C@H]3c2cc(Br)c(O)c(OC)c2)cc1OC. The standard InChI is InChI=1S/C29H32BrNO7/c1-14(2)38-29(34)25-15(3)31-20-10-17(16-7-8-22(35-4)23(12-16)36-5)11-21(32)27(20)26(25)18-9-19(30)28(33)24(13-18)37-6/h7-9,12-14,17,26,31,33H,10-11H2,1-6H3/t17-,26+/m0/s1. The molecule has 0 saturated heterocycles. The number of carbonyl (C=O) groups is 2. The van der Waals surface area contributed by atoms with Gasteiger partial charge in [0.1, 0.15) is 0 Å². The number of esters is 1. The summed E-state index contributed by atoms with van der Waals surface area (Å²) in [6.07, 6.45) is 0.485. The zero-order valence-corrected chi connectivity index (χ0v) is 23.9. The fraction of sp³-hybridized carbons (Fsp3) is 0.379. The van der Waals surface area contributed by atoms with Crippen molar-refractivity contribution in [2.75, 3.05) is 21.3 Å². The number of methoxy groups -OCH3 is 3. The van der Waals surface area contributed by atoms with Gasteiger partial charge in [-0.15, -0.1) is 0 Å². The number of rotatable bonds is 7. The van der Waals surface area contributed by atoms with Gasteiger partial charge in [0.25, 0.3) is 0 Å². The predicted molar refractivity (Wildman–Crippen MR) is 146 cm³/mol. The zero-order valence-electron chi connectivity index (χ0n) is 22.3. The first-order valence-electron chi connectivity index (χ1n) is 12.3. The van der Waals surface area contributed by atoms with Crippen LogP contribution >= 0.6 is 15.9 Å². The number of ether oxygens (including phenoxy) is 4. The van der Waals surface area contributed by atoms with E-state index >= 15 is 0 Å². The quantitative estimate of drug-likeness (QED) is 0.411. The fourth-order valence-electron chi connectivity index (χ4n) is 5.18. The van der Waals surface area contributed by atoms with Gasteiger partial charge in [-0.25, -0.2) is 4.79 Å². The van der Waals surface area contributed by atoms with Gasteiger partial charge < -0.3 is 29.4 Å². The average Bonchev–Trinajstić information content (AvgIpc) is 2.88. The normalized spacial score (nSPS) is 19.2. The van der Waals surface area contributed by atoms with Crippen LogP contribution in [0.3, 0.4) is 0 Å². The summed E-state index contributed by atoms with van der Waals surface area (Å²) in [6.45, 7) is 5.37. The van der Waals surface area contributed by atoms with Gasteiger partial charge in [-0.2, -0.15) is 0 Å². The average molecular weight is 586 g/mol. The minimum Gasteiger partial charge on any atom is -0.503 e. The lowest BCUT2D eigenvalue weighted by Gasteiger charge is -2.37. The number of carbonyl (C=O) groups excluding carboxylic acids is 2. The summed E-state index contributed by atoms with van der Waals surface area (Å²) in [7, 11) is 4.61. The minimum atomic E-state index is -0.692. The van der Waals surface area contributed by atoms with Crippen LogP contribution in [0.25, 0.3) is 0 Å². The lowest BCUT2D eigenvalue weighted by atomic mass is 9.71. The van der Waals surface area contributed by atoms with Crippen LogP contribution in [-0.2, 0) is 14.3 Å². The molecule has 38 heavy (non-hydrogen) atoms. The molecule has 2 aromatic rings. The van der Waals surface area contributed by atoms with Gasteiger partial charge in [0.15, 0.2) is 28.8 Å². The summed E-state index contributed by atoms with van der Waals surface area (Å²) in [6, 6.07) is 9.05. The largest absolute Gasteiger partial charge is 0.503 e. The summed E-state index contributed by atoms with van der Waals surface area (Å²) < 4.78 is 22.2. The van der Waals surface area contributed by atoms with E-state index < -0.39 is 11.9 Å². The third-order valence-corrected chi connectivity index (χ3v) is 7.48. The molecule has 2 aliphatic rings. The van der Waals surface area contributed by atoms with Crippen molar-refractivity contribution in [3.05, 3.63) is 68.5 Å². The van der Waals surface area contributed by atoms with Crippen molar-refractivity contribution in [2.45, 2.75) is 51.6 Å². The van der Waals surface area contributed by atoms with E-state index in [2.05, 4.69) is 21.2 Å². The number of nitrogens with one attached hydrogen (secondary N) is 1. The lowest BCUT2D eigenvalue weighted by molar-refractivity contribution is -0.143. The van der Waals surface area contributed by atoms with Crippen molar-refractivity contribution in [1.82, 2.24) is 5.32 Å². The van der Waals surface area contributed by atoms with E-state index in [0.29, 0.717) is 44.8 Å². The highest BCUT2D eigenvalue weighted by molar-refractivity contribution is 9.10. The van der Waals surface area contributed by atoms with Crippen LogP contribution in [0.5, 0.6) is 23.0 Å². The number of allylic oxidation sites excluding steroid dienone is 3. The number of ketones is 1. The van der Waals surface area contributed by atoms with Gasteiger partial charge in [-0.05, 0) is 84.4 Å². The Balaban J connectivity index is 1.83. The summed E-state index contributed by atoms with van der Waals surface area (Å²) in [4.78, 5) is 27.2. The van der Waals surface area contributed by atoms with E-state index in [4.69, 9.17) is 18.9 Å². The molecule has 1 aliphatic heterocycles. The molecular formula is C29H32BrNO7. The summed E-state index contributed by atoms with van der Waals surface area (Å²) in [5.74, 6) is 0.0317. The van der Waals surface area contributed by atoms with Crippen LogP contribution in [0, 0.1) is 0 Å². The molecule has 0 spiro atoms. The third kappa shape index (κ3) is 5.12. The highest BCUT2D eigenvalue weighted by atomic mass is 79.9. The summed E-state index contributed by atoms with van der Waals surface area (Å²) in [5.41, 5.74) is 3.84. The maximum atomic E-state index is 13.9. The van der Waals surface area contributed by atoms with Gasteiger partial charge in [0.05, 0.1) is 37.5 Å². The number of aromatic hydroxyl groups is 1. The molecule has 0 aromatic heterocycles. The molecule has 0 saturated carbocycles. The van der Waals surface area contributed by atoms with Gasteiger partial charge in [0, 0.05) is 29.3 Å². The molecule has 2 N–H and O–H groups in total. The summed E-state index contributed by atoms with van der Waals surface area (Å²) in [5, 5.41) is 13.8. The van der Waals surface area contributed by atoms with Crippen LogP contribution < -0.4 is 19.5 Å². The number of dihydropyridines is 1. The molecule has 8 nitrogen and oxygen atoms in total. The van der Waals surface area contributed by atoms with Gasteiger partial charge in [0.2, 0.25) is 0 Å². The minimum absolute atomic E-state index is 0.0603. The van der Waals surface area contributed by atoms with E-state index in [9.17, 15) is 14.7 Å². The van der Waals surface area contributed by atoms with Crippen molar-refractivity contribution < 1.29 is 33.6 Å². The van der Waals surface area contributed by atoms with Crippen LogP contribution in [0.1, 0.15) is 56.6 Å². The van der Waals surface area contributed by atoms with E-state index in [1.165, 1.54) is 7.11 Å². The van der Waals surface area contributed by atoms with Crippen molar-refractivity contribution in [3.8, 4) is 23.0 Å². The number of phenolic OH excluding ortho intramolecular Hbond substituents is 1. The number of hydrogen-bond donors (Lipinski definition) is 2. The van der Waals surface area contributed by atoms with Gasteiger partial charge in [-0.3, -0.25) is 4.79 Å². The van der Waals surface area contributed by atoms with Gasteiger partial charge in [-0.1, -0.05) is 6.07 Å². The molecule has 4 rings (SSSR count). The molecule has 0 fully saturated rings. The molecule has 0 unspecified atom stereocenters. The van der Waals surface area contributed by atoms with Crippen molar-refractivity contribution in [2.24, 2.45) is 0 Å². The molecule has 2 atom stereocenters. The first kappa shape index (κ1) is 27.6. The maximum absolute atomic E-state index is 13.9. The van der Waals surface area contributed by atoms with E-state index in [0.717, 1.165) is 11.3 Å². The molecule has 1 heterocycles. The van der Waals surface area contributed by atoms with Crippen molar-refractivity contribution >= 4 is 27.7 Å². The molecule has 2 aromatic carbocycles. The van der Waals surface area contributed by atoms with Crippen LogP contribution in [0.4, 0.5) is 0 Å². The number of benzene rings is 2. The molecule has 9 heteroatoms. The second-order valence-corrected chi connectivity index (χ2v) is 10.5. The highest BCUT2D eigenvalue weighted by Crippen LogP contribution is 2.48. The van der Waals surface area contributed by atoms with Crippen molar-refractivity contribution in [3.63, 3.8) is 0 Å².